The first-order valence-corrected chi connectivity index (χ1v) is 8.57. The number of hydrogen-bond donors (Lipinski definition) is 1. The van der Waals surface area contributed by atoms with Crippen LogP contribution in [0.25, 0.3) is 10.9 Å². The van der Waals surface area contributed by atoms with Gasteiger partial charge in [0.25, 0.3) is 0 Å². The summed E-state index contributed by atoms with van der Waals surface area (Å²) < 4.78 is 7.30. The number of benzene rings is 1. The Morgan fingerprint density at radius 3 is 2.96 bits per heavy atom. The molecule has 2 aliphatic rings. The van der Waals surface area contributed by atoms with E-state index in [0.29, 0.717) is 32.7 Å². The maximum atomic E-state index is 12.9. The van der Waals surface area contributed by atoms with E-state index in [4.69, 9.17) is 10.5 Å². The predicted octanol–water partition coefficient (Wildman–Crippen LogP) is 0.466. The van der Waals surface area contributed by atoms with Crippen LogP contribution in [-0.4, -0.2) is 52.8 Å². The minimum Gasteiger partial charge on any atom is -0.381 e. The number of carbonyl (C=O) groups excluding carboxylic acids is 2. The third-order valence-corrected chi connectivity index (χ3v) is 5.70. The van der Waals surface area contributed by atoms with Crippen molar-refractivity contribution in [2.75, 3.05) is 26.3 Å². The molecule has 7 heteroatoms. The van der Waals surface area contributed by atoms with Gasteiger partial charge in [-0.05, 0) is 12.5 Å². The summed E-state index contributed by atoms with van der Waals surface area (Å²) in [5.74, 6) is -0.346. The van der Waals surface area contributed by atoms with Crippen molar-refractivity contribution in [2.45, 2.75) is 12.8 Å². The molecule has 0 unspecified atom stereocenters. The summed E-state index contributed by atoms with van der Waals surface area (Å²) in [7, 11) is 1.88. The number of nitrogens with two attached hydrogens (primary N) is 1. The van der Waals surface area contributed by atoms with Crippen LogP contribution < -0.4 is 5.73 Å². The number of hydrogen-bond acceptors (Lipinski definition) is 4. The van der Waals surface area contributed by atoms with E-state index in [-0.39, 0.29) is 24.2 Å². The van der Waals surface area contributed by atoms with Gasteiger partial charge in [0, 0.05) is 38.0 Å². The number of nitrogens with zero attached hydrogens (tertiary/aromatic N) is 3. The highest BCUT2D eigenvalue weighted by Gasteiger charge is 2.53. The lowest BCUT2D eigenvalue weighted by Gasteiger charge is -2.34. The van der Waals surface area contributed by atoms with Crippen molar-refractivity contribution in [2.24, 2.45) is 24.1 Å². The zero-order chi connectivity index (χ0) is 17.6. The Morgan fingerprint density at radius 2 is 2.20 bits per heavy atom. The van der Waals surface area contributed by atoms with E-state index < -0.39 is 5.41 Å². The first-order chi connectivity index (χ1) is 12.0. The minimum atomic E-state index is -0.639. The smallest absolute Gasteiger partial charge is 0.228 e. The van der Waals surface area contributed by atoms with E-state index in [1.54, 1.807) is 9.58 Å². The molecule has 132 valence electrons. The van der Waals surface area contributed by atoms with Gasteiger partial charge in [0.2, 0.25) is 11.8 Å². The molecule has 4 rings (SSSR count). The molecule has 1 aromatic carbocycles. The number of aryl methyl sites for hydroxylation is 1. The molecule has 2 aliphatic heterocycles. The summed E-state index contributed by atoms with van der Waals surface area (Å²) in [6.07, 6.45) is 0.813. The zero-order valence-corrected chi connectivity index (χ0v) is 14.3. The number of amides is 2. The molecule has 0 radical (unpaired) electrons. The summed E-state index contributed by atoms with van der Waals surface area (Å²) >= 11 is 0. The van der Waals surface area contributed by atoms with Crippen LogP contribution in [0, 0.1) is 11.3 Å². The number of primary amides is 1. The number of rotatable bonds is 3. The zero-order valence-electron chi connectivity index (χ0n) is 14.3. The highest BCUT2D eigenvalue weighted by Crippen LogP contribution is 2.42. The average Bonchev–Trinajstić information content (AvgIpc) is 3.15. The van der Waals surface area contributed by atoms with Gasteiger partial charge in [-0.3, -0.25) is 14.3 Å². The predicted molar refractivity (Wildman–Crippen MR) is 91.6 cm³/mol. The Labute approximate surface area is 145 Å². The van der Waals surface area contributed by atoms with Gasteiger partial charge in [0.05, 0.1) is 29.7 Å². The topological polar surface area (TPSA) is 90.4 Å². The summed E-state index contributed by atoms with van der Waals surface area (Å²) in [6, 6.07) is 7.87. The molecule has 2 amide bonds. The molecule has 2 aromatic rings. The second-order valence-corrected chi connectivity index (χ2v) is 7.08. The SMILES string of the molecule is Cn1nc(CC(=O)N2C[C@@H]3COCC[C@]3(C(N)=O)C2)c2ccccc21. The Morgan fingerprint density at radius 1 is 1.40 bits per heavy atom. The fourth-order valence-electron chi connectivity index (χ4n) is 4.22. The van der Waals surface area contributed by atoms with Gasteiger partial charge in [-0.25, -0.2) is 0 Å². The van der Waals surface area contributed by atoms with E-state index in [0.717, 1.165) is 16.6 Å². The summed E-state index contributed by atoms with van der Waals surface area (Å²) in [4.78, 5) is 26.7. The van der Waals surface area contributed by atoms with Crippen molar-refractivity contribution >= 4 is 22.7 Å². The van der Waals surface area contributed by atoms with Gasteiger partial charge in [0.1, 0.15) is 0 Å². The lowest BCUT2D eigenvalue weighted by molar-refractivity contribution is -0.136. The van der Waals surface area contributed by atoms with E-state index >= 15 is 0 Å². The molecule has 2 atom stereocenters. The van der Waals surface area contributed by atoms with E-state index in [1.807, 2.05) is 31.3 Å². The second-order valence-electron chi connectivity index (χ2n) is 7.08. The molecule has 7 nitrogen and oxygen atoms in total. The van der Waals surface area contributed by atoms with Crippen molar-refractivity contribution in [1.82, 2.24) is 14.7 Å². The fourth-order valence-corrected chi connectivity index (χ4v) is 4.22. The highest BCUT2D eigenvalue weighted by atomic mass is 16.5. The third kappa shape index (κ3) is 2.50. The molecule has 2 N–H and O–H groups in total. The molecule has 1 aromatic heterocycles. The Bertz CT molecular complexity index is 846. The average molecular weight is 342 g/mol. The molecule has 2 fully saturated rings. The van der Waals surface area contributed by atoms with Crippen LogP contribution in [0.15, 0.2) is 24.3 Å². The first-order valence-electron chi connectivity index (χ1n) is 8.57. The number of para-hydroxylation sites is 1. The largest absolute Gasteiger partial charge is 0.381 e. The molecule has 0 bridgehead atoms. The van der Waals surface area contributed by atoms with Crippen molar-refractivity contribution in [3.8, 4) is 0 Å². The number of ether oxygens (including phenoxy) is 1. The van der Waals surface area contributed by atoms with Crippen LogP contribution >= 0.6 is 0 Å². The fraction of sp³-hybridized carbons (Fsp3) is 0.500. The molecule has 0 saturated carbocycles. The molecular formula is C18H22N4O3. The van der Waals surface area contributed by atoms with Gasteiger partial charge in [0.15, 0.2) is 0 Å². The van der Waals surface area contributed by atoms with Crippen LogP contribution in [0.3, 0.4) is 0 Å². The molecule has 0 spiro atoms. The molecule has 2 saturated heterocycles. The van der Waals surface area contributed by atoms with Crippen molar-refractivity contribution in [3.63, 3.8) is 0 Å². The summed E-state index contributed by atoms with van der Waals surface area (Å²) in [6.45, 7) is 1.91. The molecular weight excluding hydrogens is 320 g/mol. The third-order valence-electron chi connectivity index (χ3n) is 5.70. The first kappa shape index (κ1) is 16.1. The number of aromatic nitrogens is 2. The van der Waals surface area contributed by atoms with Crippen LogP contribution in [0.5, 0.6) is 0 Å². The lowest BCUT2D eigenvalue weighted by Crippen LogP contribution is -2.48. The van der Waals surface area contributed by atoms with Gasteiger partial charge in [-0.2, -0.15) is 5.10 Å². The lowest BCUT2D eigenvalue weighted by atomic mass is 9.74. The van der Waals surface area contributed by atoms with Crippen molar-refractivity contribution < 1.29 is 14.3 Å². The van der Waals surface area contributed by atoms with Gasteiger partial charge in [-0.1, -0.05) is 18.2 Å². The monoisotopic (exact) mass is 342 g/mol. The molecule has 0 aliphatic carbocycles. The Kier molecular flexibility index (Phi) is 3.76. The Balaban J connectivity index is 1.56. The van der Waals surface area contributed by atoms with Crippen LogP contribution in [0.2, 0.25) is 0 Å². The van der Waals surface area contributed by atoms with Gasteiger partial charge in [-0.15, -0.1) is 0 Å². The van der Waals surface area contributed by atoms with Gasteiger partial charge < -0.3 is 15.4 Å². The van der Waals surface area contributed by atoms with Crippen LogP contribution in [0.4, 0.5) is 0 Å². The maximum Gasteiger partial charge on any atom is 0.228 e. The second kappa shape index (κ2) is 5.84. The van der Waals surface area contributed by atoms with E-state index in [1.165, 1.54) is 0 Å². The maximum absolute atomic E-state index is 12.9. The molecule has 3 heterocycles. The number of fused-ring (bicyclic) bond motifs is 2. The van der Waals surface area contributed by atoms with Crippen LogP contribution in [0.1, 0.15) is 12.1 Å². The van der Waals surface area contributed by atoms with Crippen molar-refractivity contribution in [1.29, 1.82) is 0 Å². The van der Waals surface area contributed by atoms with E-state index in [9.17, 15) is 9.59 Å². The summed E-state index contributed by atoms with van der Waals surface area (Å²) in [5, 5.41) is 5.49. The molecule has 25 heavy (non-hydrogen) atoms. The quantitative estimate of drug-likeness (QED) is 0.878. The number of likely N-dealkylation sites (tertiary alicyclic amines) is 1. The standard InChI is InChI=1S/C18H22N4O3/c1-21-15-5-3-2-4-13(15)14(20-21)8-16(23)22-9-12-10-25-7-6-18(12,11-22)17(19)24/h2-5,12H,6-11H2,1H3,(H2,19,24)/t12-,18+/m1/s1. The van der Waals surface area contributed by atoms with E-state index in [2.05, 4.69) is 5.10 Å². The minimum absolute atomic E-state index is 0.0109. The number of carbonyl (C=O) groups is 2. The summed E-state index contributed by atoms with van der Waals surface area (Å²) in [5.41, 5.74) is 6.82. The highest BCUT2D eigenvalue weighted by molar-refractivity contribution is 5.89. The normalized spacial score (nSPS) is 26.0. The van der Waals surface area contributed by atoms with Crippen LogP contribution in [-0.2, 0) is 27.8 Å². The Hall–Kier alpha value is -2.41. The van der Waals surface area contributed by atoms with Crippen molar-refractivity contribution in [3.05, 3.63) is 30.0 Å². The van der Waals surface area contributed by atoms with Gasteiger partial charge >= 0.3 is 0 Å².